The van der Waals surface area contributed by atoms with Gasteiger partial charge in [0, 0.05) is 63.2 Å². The molecule has 0 spiro atoms. The number of rotatable bonds is 8. The predicted molar refractivity (Wildman–Crippen MR) is 151 cm³/mol. The highest BCUT2D eigenvalue weighted by Gasteiger charge is 2.29. The number of aromatic nitrogens is 3. The highest BCUT2D eigenvalue weighted by Crippen LogP contribution is 2.34. The number of fused-ring (bicyclic) bond motifs is 3. The quantitative estimate of drug-likeness (QED) is 0.197. The SMILES string of the molecule is C.C[C@@H]1CCN(Cc2ccccc2)C[C@@H]1n1ccc2cnc3c(ccn3COCC[Si](C)(C)C)c21. The van der Waals surface area contributed by atoms with E-state index in [-0.39, 0.29) is 7.43 Å². The third-order valence-corrected chi connectivity index (χ3v) is 9.00. The zero-order valence-electron chi connectivity index (χ0n) is 21.1. The molecule has 188 valence electrons. The molecule has 3 aromatic heterocycles. The van der Waals surface area contributed by atoms with Crippen molar-refractivity contribution in [1.29, 1.82) is 0 Å². The zero-order valence-corrected chi connectivity index (χ0v) is 22.1. The number of ether oxygens (including phenoxy) is 1. The van der Waals surface area contributed by atoms with E-state index in [1.165, 1.54) is 34.3 Å². The molecule has 6 heteroatoms. The topological polar surface area (TPSA) is 35.2 Å². The average Bonchev–Trinajstić information content (AvgIpc) is 3.42. The lowest BCUT2D eigenvalue weighted by Crippen LogP contribution is -2.40. The molecule has 4 heterocycles. The molecule has 1 aliphatic heterocycles. The summed E-state index contributed by atoms with van der Waals surface area (Å²) in [6.07, 6.45) is 7.66. The highest BCUT2D eigenvalue weighted by molar-refractivity contribution is 6.76. The summed E-state index contributed by atoms with van der Waals surface area (Å²) in [6, 6.07) is 16.9. The zero-order chi connectivity index (χ0) is 23.7. The number of pyridine rings is 1. The molecule has 1 aromatic carbocycles. The van der Waals surface area contributed by atoms with Crippen molar-refractivity contribution >= 4 is 30.0 Å². The maximum atomic E-state index is 6.03. The van der Waals surface area contributed by atoms with Crippen LogP contribution in [0.2, 0.25) is 25.7 Å². The molecule has 4 aromatic rings. The molecule has 0 N–H and O–H groups in total. The summed E-state index contributed by atoms with van der Waals surface area (Å²) >= 11 is 0. The van der Waals surface area contributed by atoms with Gasteiger partial charge in [-0.3, -0.25) is 4.90 Å². The lowest BCUT2D eigenvalue weighted by Gasteiger charge is -2.38. The Hall–Kier alpha value is -2.41. The van der Waals surface area contributed by atoms with Crippen molar-refractivity contribution in [2.24, 2.45) is 5.92 Å². The summed E-state index contributed by atoms with van der Waals surface area (Å²) in [5, 5.41) is 2.45. The minimum Gasteiger partial charge on any atom is -0.361 e. The Kier molecular flexibility index (Phi) is 7.84. The molecule has 5 nitrogen and oxygen atoms in total. The third kappa shape index (κ3) is 5.71. The van der Waals surface area contributed by atoms with E-state index in [0.29, 0.717) is 18.7 Å². The Labute approximate surface area is 211 Å². The Bertz CT molecular complexity index is 1240. The molecule has 1 aliphatic rings. The number of piperidine rings is 1. The van der Waals surface area contributed by atoms with E-state index >= 15 is 0 Å². The first-order valence-electron chi connectivity index (χ1n) is 12.7. The van der Waals surface area contributed by atoms with E-state index in [1.54, 1.807) is 0 Å². The normalized spacial score (nSPS) is 19.3. The van der Waals surface area contributed by atoms with Crippen LogP contribution in [-0.2, 0) is 18.0 Å². The fraction of sp³-hybridized carbons (Fsp3) is 0.483. The number of hydrogen-bond acceptors (Lipinski definition) is 3. The van der Waals surface area contributed by atoms with Gasteiger partial charge in [-0.25, -0.2) is 4.98 Å². The van der Waals surface area contributed by atoms with Gasteiger partial charge < -0.3 is 13.9 Å². The van der Waals surface area contributed by atoms with E-state index in [9.17, 15) is 0 Å². The fourth-order valence-electron chi connectivity index (χ4n) is 5.17. The second kappa shape index (κ2) is 10.7. The second-order valence-electron chi connectivity index (χ2n) is 11.2. The van der Waals surface area contributed by atoms with Crippen LogP contribution >= 0.6 is 0 Å². The van der Waals surface area contributed by atoms with Gasteiger partial charge in [0.1, 0.15) is 12.4 Å². The summed E-state index contributed by atoms with van der Waals surface area (Å²) < 4.78 is 10.7. The largest absolute Gasteiger partial charge is 0.361 e. The van der Waals surface area contributed by atoms with Crippen molar-refractivity contribution in [2.45, 2.75) is 65.8 Å². The van der Waals surface area contributed by atoms with E-state index in [4.69, 9.17) is 9.72 Å². The summed E-state index contributed by atoms with van der Waals surface area (Å²) in [4.78, 5) is 7.43. The van der Waals surface area contributed by atoms with Crippen LogP contribution in [0.5, 0.6) is 0 Å². The summed E-state index contributed by atoms with van der Waals surface area (Å²) in [7, 11) is -1.08. The van der Waals surface area contributed by atoms with E-state index < -0.39 is 8.07 Å². The minimum absolute atomic E-state index is 0. The molecule has 1 fully saturated rings. The van der Waals surface area contributed by atoms with Gasteiger partial charge in [-0.1, -0.05) is 64.3 Å². The molecule has 1 saturated heterocycles. The number of hydrogen-bond donors (Lipinski definition) is 0. The van der Waals surface area contributed by atoms with Crippen LogP contribution in [0.15, 0.2) is 61.1 Å². The van der Waals surface area contributed by atoms with Crippen LogP contribution < -0.4 is 0 Å². The van der Waals surface area contributed by atoms with Gasteiger partial charge in [0.15, 0.2) is 0 Å². The molecule has 0 unspecified atom stereocenters. The monoisotopic (exact) mass is 490 g/mol. The first kappa shape index (κ1) is 25.7. The van der Waals surface area contributed by atoms with Crippen molar-refractivity contribution in [3.63, 3.8) is 0 Å². The lowest BCUT2D eigenvalue weighted by atomic mass is 9.92. The first-order valence-corrected chi connectivity index (χ1v) is 16.4. The van der Waals surface area contributed by atoms with Crippen LogP contribution in [0, 0.1) is 5.92 Å². The molecule has 0 saturated carbocycles. The van der Waals surface area contributed by atoms with Crippen LogP contribution in [0.3, 0.4) is 0 Å². The van der Waals surface area contributed by atoms with Gasteiger partial charge in [-0.05, 0) is 42.6 Å². The van der Waals surface area contributed by atoms with Crippen LogP contribution in [0.1, 0.15) is 32.4 Å². The molecule has 0 amide bonds. The number of nitrogens with zero attached hydrogens (tertiary/aromatic N) is 4. The maximum Gasteiger partial charge on any atom is 0.143 e. The molecule has 2 atom stereocenters. The summed E-state index contributed by atoms with van der Waals surface area (Å²) in [5.74, 6) is 0.637. The molecule has 0 bridgehead atoms. The lowest BCUT2D eigenvalue weighted by molar-refractivity contribution is 0.0899. The first-order chi connectivity index (χ1) is 16.4. The van der Waals surface area contributed by atoms with Crippen molar-refractivity contribution in [3.05, 3.63) is 66.6 Å². The van der Waals surface area contributed by atoms with Gasteiger partial charge in [-0.15, -0.1) is 0 Å². The molecular formula is C29H42N4OSi. The Morgan fingerprint density at radius 1 is 1.06 bits per heavy atom. The fourth-order valence-corrected chi connectivity index (χ4v) is 5.93. The Balaban J connectivity index is 0.00000289. The van der Waals surface area contributed by atoms with Crippen molar-refractivity contribution < 1.29 is 4.74 Å². The Morgan fingerprint density at radius 2 is 1.86 bits per heavy atom. The van der Waals surface area contributed by atoms with Gasteiger partial charge in [-0.2, -0.15) is 0 Å². The molecule has 0 aliphatic carbocycles. The van der Waals surface area contributed by atoms with E-state index in [2.05, 4.69) is 95.5 Å². The van der Waals surface area contributed by atoms with E-state index in [0.717, 1.165) is 31.9 Å². The van der Waals surface area contributed by atoms with Gasteiger partial charge >= 0.3 is 0 Å². The second-order valence-corrected chi connectivity index (χ2v) is 16.8. The molecule has 5 rings (SSSR count). The van der Waals surface area contributed by atoms with Crippen LogP contribution in [-0.4, -0.2) is 46.8 Å². The van der Waals surface area contributed by atoms with Gasteiger partial charge in [0.2, 0.25) is 0 Å². The van der Waals surface area contributed by atoms with Crippen molar-refractivity contribution in [1.82, 2.24) is 19.0 Å². The summed E-state index contributed by atoms with van der Waals surface area (Å²) in [5.41, 5.74) is 3.72. The predicted octanol–water partition coefficient (Wildman–Crippen LogP) is 7.02. The average molecular weight is 491 g/mol. The summed E-state index contributed by atoms with van der Waals surface area (Å²) in [6.45, 7) is 14.2. The molecule has 35 heavy (non-hydrogen) atoms. The van der Waals surface area contributed by atoms with Gasteiger partial charge in [0.25, 0.3) is 0 Å². The van der Waals surface area contributed by atoms with E-state index in [1.807, 2.05) is 6.20 Å². The minimum atomic E-state index is -1.08. The Morgan fingerprint density at radius 3 is 2.63 bits per heavy atom. The highest BCUT2D eigenvalue weighted by atomic mass is 28.3. The standard InChI is InChI=1S/C28H38N4OSi.CH4/c1-22-10-13-30(19-23-8-6-5-7-9-23)20-26(22)32-15-11-24-18-29-28-25(27(24)32)12-14-31(28)21-33-16-17-34(2,3)4;/h5-9,11-12,14-15,18,22,26H,10,13,16-17,19-21H2,1-4H3;1H4/t22-,26+;/m1./s1. The number of likely N-dealkylation sites (tertiary alicyclic amines) is 1. The smallest absolute Gasteiger partial charge is 0.143 e. The van der Waals surface area contributed by atoms with Gasteiger partial charge in [0.05, 0.1) is 5.52 Å². The van der Waals surface area contributed by atoms with Crippen LogP contribution in [0.4, 0.5) is 0 Å². The van der Waals surface area contributed by atoms with Crippen molar-refractivity contribution in [3.8, 4) is 0 Å². The molecular weight excluding hydrogens is 448 g/mol. The molecule has 0 radical (unpaired) electrons. The van der Waals surface area contributed by atoms with Crippen molar-refractivity contribution in [2.75, 3.05) is 19.7 Å². The van der Waals surface area contributed by atoms with Crippen LogP contribution in [0.25, 0.3) is 21.9 Å². The maximum absolute atomic E-state index is 6.03. The number of benzene rings is 1. The third-order valence-electron chi connectivity index (χ3n) is 7.30.